The summed E-state index contributed by atoms with van der Waals surface area (Å²) < 4.78 is 6.15. The van der Waals surface area contributed by atoms with Gasteiger partial charge in [-0.05, 0) is 59.7 Å². The van der Waals surface area contributed by atoms with Gasteiger partial charge in [0.05, 0.1) is 16.3 Å². The van der Waals surface area contributed by atoms with Gasteiger partial charge >= 0.3 is 5.97 Å². The van der Waals surface area contributed by atoms with E-state index in [1.165, 1.54) is 0 Å². The van der Waals surface area contributed by atoms with Gasteiger partial charge < -0.3 is 9.84 Å². The Kier molecular flexibility index (Phi) is 4.62. The largest absolute Gasteiger partial charge is 0.466 e. The minimum absolute atomic E-state index is 0.103. The van der Waals surface area contributed by atoms with Crippen molar-refractivity contribution in [3.8, 4) is 0 Å². The van der Waals surface area contributed by atoms with Crippen LogP contribution in [0.2, 0.25) is 0 Å². The molecule has 2 unspecified atom stereocenters. The van der Waals surface area contributed by atoms with E-state index in [0.29, 0.717) is 25.9 Å². The van der Waals surface area contributed by atoms with Gasteiger partial charge in [-0.3, -0.25) is 4.79 Å². The van der Waals surface area contributed by atoms with Crippen molar-refractivity contribution in [1.29, 1.82) is 0 Å². The fraction of sp³-hybridized carbons (Fsp3) is 0.667. The second kappa shape index (κ2) is 5.78. The van der Waals surface area contributed by atoms with E-state index in [-0.39, 0.29) is 17.3 Å². The van der Waals surface area contributed by atoms with Crippen molar-refractivity contribution in [2.45, 2.75) is 45.6 Å². The minimum Gasteiger partial charge on any atom is -0.466 e. The van der Waals surface area contributed by atoms with Gasteiger partial charge in [-0.2, -0.15) is 0 Å². The molecule has 0 radical (unpaired) electrons. The average molecular weight is 361 g/mol. The van der Waals surface area contributed by atoms with E-state index in [9.17, 15) is 9.90 Å². The molecule has 0 bridgehead atoms. The maximum Gasteiger partial charge on any atom is 0.308 e. The van der Waals surface area contributed by atoms with Crippen LogP contribution in [0.3, 0.4) is 0 Å². The molecule has 20 heavy (non-hydrogen) atoms. The first-order valence-corrected chi connectivity index (χ1v) is 8.56. The lowest BCUT2D eigenvalue weighted by Crippen LogP contribution is -2.47. The topological polar surface area (TPSA) is 46.5 Å². The zero-order chi connectivity index (χ0) is 15.0. The van der Waals surface area contributed by atoms with Crippen LogP contribution >= 0.6 is 27.3 Å². The number of thiophene rings is 1. The fourth-order valence-electron chi connectivity index (χ4n) is 3.06. The van der Waals surface area contributed by atoms with Gasteiger partial charge in [-0.15, -0.1) is 11.3 Å². The van der Waals surface area contributed by atoms with Gasteiger partial charge in [0, 0.05) is 4.88 Å². The van der Waals surface area contributed by atoms with E-state index in [1.807, 2.05) is 32.9 Å². The molecular formula is C15H21BrO3S. The van der Waals surface area contributed by atoms with E-state index in [4.69, 9.17) is 4.74 Å². The highest BCUT2D eigenvalue weighted by Crippen LogP contribution is 2.53. The van der Waals surface area contributed by atoms with Gasteiger partial charge in [0.15, 0.2) is 0 Å². The quantitative estimate of drug-likeness (QED) is 0.825. The van der Waals surface area contributed by atoms with Crippen molar-refractivity contribution in [2.75, 3.05) is 6.61 Å². The SMILES string of the molecule is CCOC(=O)C1CCC(O)(c2ccc(Br)s2)C(C)(C)C1. The summed E-state index contributed by atoms with van der Waals surface area (Å²) in [7, 11) is 0. The van der Waals surface area contributed by atoms with Gasteiger partial charge in [0.2, 0.25) is 0 Å². The molecule has 0 saturated heterocycles. The van der Waals surface area contributed by atoms with Gasteiger partial charge in [-0.1, -0.05) is 13.8 Å². The Labute approximate surface area is 132 Å². The Balaban J connectivity index is 2.21. The van der Waals surface area contributed by atoms with Crippen molar-refractivity contribution in [1.82, 2.24) is 0 Å². The Morgan fingerprint density at radius 3 is 2.75 bits per heavy atom. The normalized spacial score (nSPS) is 29.1. The number of rotatable bonds is 3. The summed E-state index contributed by atoms with van der Waals surface area (Å²) in [6.45, 7) is 6.31. The lowest BCUT2D eigenvalue weighted by atomic mass is 9.61. The highest BCUT2D eigenvalue weighted by atomic mass is 79.9. The van der Waals surface area contributed by atoms with Gasteiger partial charge in [0.25, 0.3) is 0 Å². The second-order valence-corrected chi connectivity index (χ2v) is 8.50. The van der Waals surface area contributed by atoms with Crippen molar-refractivity contribution in [3.63, 3.8) is 0 Å². The molecule has 1 fully saturated rings. The summed E-state index contributed by atoms with van der Waals surface area (Å²) in [5.74, 6) is -0.233. The zero-order valence-corrected chi connectivity index (χ0v) is 14.5. The van der Waals surface area contributed by atoms with Gasteiger partial charge in [0.1, 0.15) is 5.60 Å². The Morgan fingerprint density at radius 2 is 2.25 bits per heavy atom. The van der Waals surface area contributed by atoms with E-state index in [2.05, 4.69) is 15.9 Å². The molecule has 112 valence electrons. The average Bonchev–Trinajstić information content (AvgIpc) is 2.80. The third-order valence-corrected chi connectivity index (χ3v) is 6.11. The van der Waals surface area contributed by atoms with Crippen molar-refractivity contribution in [3.05, 3.63) is 20.8 Å². The Morgan fingerprint density at radius 1 is 1.55 bits per heavy atom. The van der Waals surface area contributed by atoms with Crippen LogP contribution < -0.4 is 0 Å². The van der Waals surface area contributed by atoms with Crippen LogP contribution in [0.15, 0.2) is 15.9 Å². The van der Waals surface area contributed by atoms with Crippen LogP contribution in [0.4, 0.5) is 0 Å². The van der Waals surface area contributed by atoms with Crippen LogP contribution in [0.1, 0.15) is 44.9 Å². The lowest BCUT2D eigenvalue weighted by molar-refractivity contribution is -0.160. The summed E-state index contributed by atoms with van der Waals surface area (Å²) in [6.07, 6.45) is 1.92. The summed E-state index contributed by atoms with van der Waals surface area (Å²) in [4.78, 5) is 12.9. The number of ether oxygens (including phenoxy) is 1. The molecule has 0 spiro atoms. The van der Waals surface area contributed by atoms with Crippen LogP contribution in [-0.4, -0.2) is 17.7 Å². The fourth-order valence-corrected chi connectivity index (χ4v) is 4.75. The molecule has 5 heteroatoms. The standard InChI is InChI=1S/C15H21BrO3S/c1-4-19-13(17)10-7-8-15(18,14(2,3)9-10)11-5-6-12(16)20-11/h5-6,10,18H,4,7-9H2,1-3H3. The first-order valence-electron chi connectivity index (χ1n) is 6.95. The third-order valence-electron chi connectivity index (χ3n) is 4.33. The molecule has 3 nitrogen and oxygen atoms in total. The molecule has 1 aromatic heterocycles. The molecule has 1 N–H and O–H groups in total. The minimum atomic E-state index is -0.868. The lowest BCUT2D eigenvalue weighted by Gasteiger charge is -2.48. The molecule has 2 rings (SSSR count). The van der Waals surface area contributed by atoms with Crippen LogP contribution in [0.25, 0.3) is 0 Å². The smallest absolute Gasteiger partial charge is 0.308 e. The summed E-state index contributed by atoms with van der Waals surface area (Å²) in [5.41, 5.74) is -1.22. The molecule has 1 aliphatic rings. The first-order chi connectivity index (χ1) is 9.30. The number of aliphatic hydroxyl groups is 1. The van der Waals surface area contributed by atoms with Crippen molar-refractivity contribution in [2.24, 2.45) is 11.3 Å². The maximum atomic E-state index is 11.9. The second-order valence-electron chi connectivity index (χ2n) is 6.04. The highest BCUT2D eigenvalue weighted by molar-refractivity contribution is 9.11. The van der Waals surface area contributed by atoms with E-state index < -0.39 is 5.60 Å². The predicted molar refractivity (Wildman–Crippen MR) is 83.7 cm³/mol. The molecule has 1 aromatic rings. The van der Waals surface area contributed by atoms with Gasteiger partial charge in [-0.25, -0.2) is 0 Å². The van der Waals surface area contributed by atoms with Crippen LogP contribution in [-0.2, 0) is 15.1 Å². The Bertz CT molecular complexity index is 497. The number of carbonyl (C=O) groups is 1. The number of hydrogen-bond acceptors (Lipinski definition) is 4. The summed E-state index contributed by atoms with van der Waals surface area (Å²) >= 11 is 5.02. The zero-order valence-electron chi connectivity index (χ0n) is 12.1. The molecule has 1 saturated carbocycles. The third kappa shape index (κ3) is 2.81. The molecular weight excluding hydrogens is 340 g/mol. The van der Waals surface area contributed by atoms with Crippen LogP contribution in [0.5, 0.6) is 0 Å². The Hall–Kier alpha value is -0.390. The molecule has 0 amide bonds. The monoisotopic (exact) mass is 360 g/mol. The maximum absolute atomic E-state index is 11.9. The highest BCUT2D eigenvalue weighted by Gasteiger charge is 2.51. The van der Waals surface area contributed by atoms with Crippen molar-refractivity contribution >= 4 is 33.2 Å². The van der Waals surface area contributed by atoms with E-state index in [0.717, 1.165) is 8.66 Å². The number of esters is 1. The molecule has 1 aliphatic carbocycles. The number of hydrogen-bond donors (Lipinski definition) is 1. The summed E-state index contributed by atoms with van der Waals surface area (Å²) in [6, 6.07) is 3.94. The molecule has 0 aromatic carbocycles. The molecule has 1 heterocycles. The van der Waals surface area contributed by atoms with E-state index in [1.54, 1.807) is 11.3 Å². The number of halogens is 1. The van der Waals surface area contributed by atoms with Crippen molar-refractivity contribution < 1.29 is 14.6 Å². The first kappa shape index (κ1) is 16.0. The number of carbonyl (C=O) groups excluding carboxylic acids is 1. The molecule has 0 aliphatic heterocycles. The summed E-state index contributed by atoms with van der Waals surface area (Å²) in [5, 5.41) is 11.2. The van der Waals surface area contributed by atoms with Crippen LogP contribution in [0, 0.1) is 11.3 Å². The van der Waals surface area contributed by atoms with E-state index >= 15 is 0 Å². The molecule has 2 atom stereocenters. The predicted octanol–water partition coefficient (Wildman–Crippen LogP) is 4.09.